The Morgan fingerprint density at radius 3 is 2.86 bits per heavy atom. The van der Waals surface area contributed by atoms with E-state index in [1.807, 2.05) is 0 Å². The fourth-order valence-electron chi connectivity index (χ4n) is 1.94. The molecule has 1 saturated heterocycles. The Hall–Kier alpha value is 0.270. The summed E-state index contributed by atoms with van der Waals surface area (Å²) in [5, 5.41) is 3.55. The van der Waals surface area contributed by atoms with Crippen molar-refractivity contribution in [2.45, 2.75) is 25.3 Å². The molecule has 1 saturated carbocycles. The van der Waals surface area contributed by atoms with Gasteiger partial charge in [-0.3, -0.25) is 0 Å². The molecule has 2 rings (SSSR count). The minimum absolute atomic E-state index is 0.850. The lowest BCUT2D eigenvalue weighted by molar-refractivity contribution is 0.262. The van der Waals surface area contributed by atoms with Crippen molar-refractivity contribution < 1.29 is 0 Å². The smallest absolute Gasteiger partial charge is 0.0191 e. The van der Waals surface area contributed by atoms with Gasteiger partial charge in [0, 0.05) is 24.9 Å². The van der Waals surface area contributed by atoms with Crippen molar-refractivity contribution in [3.63, 3.8) is 0 Å². The molecule has 0 aromatic heterocycles. The third-order valence-corrected chi connectivity index (χ3v) is 4.45. The van der Waals surface area contributed by atoms with Gasteiger partial charge in [-0.05, 0) is 44.5 Å². The molecule has 1 unspecified atom stereocenters. The Labute approximate surface area is 91.8 Å². The fraction of sp³-hybridized carbons (Fsp3) is 1.00. The highest BCUT2D eigenvalue weighted by atomic mass is 32.2. The quantitative estimate of drug-likeness (QED) is 0.673. The average molecular weight is 214 g/mol. The highest BCUT2D eigenvalue weighted by Crippen LogP contribution is 2.27. The van der Waals surface area contributed by atoms with Crippen LogP contribution in [0.2, 0.25) is 0 Å². The lowest BCUT2D eigenvalue weighted by Crippen LogP contribution is -2.37. The van der Waals surface area contributed by atoms with Gasteiger partial charge in [0.15, 0.2) is 0 Å². The molecule has 2 fully saturated rings. The zero-order valence-corrected chi connectivity index (χ0v) is 9.98. The molecule has 82 valence electrons. The first-order valence-electron chi connectivity index (χ1n) is 5.85. The van der Waals surface area contributed by atoms with E-state index < -0.39 is 0 Å². The van der Waals surface area contributed by atoms with E-state index in [2.05, 4.69) is 29.0 Å². The van der Waals surface area contributed by atoms with Crippen molar-refractivity contribution in [3.8, 4) is 0 Å². The summed E-state index contributed by atoms with van der Waals surface area (Å²) in [5.41, 5.74) is 0. The molecule has 2 aliphatic rings. The molecular formula is C11H22N2S. The molecule has 0 amide bonds. The molecule has 1 aliphatic heterocycles. The summed E-state index contributed by atoms with van der Waals surface area (Å²) in [6, 6.07) is 0.850. The van der Waals surface area contributed by atoms with Gasteiger partial charge in [-0.25, -0.2) is 0 Å². The molecule has 0 bridgehead atoms. The normalized spacial score (nSPS) is 27.4. The van der Waals surface area contributed by atoms with Gasteiger partial charge in [0.2, 0.25) is 0 Å². The molecule has 0 aromatic rings. The Morgan fingerprint density at radius 2 is 2.21 bits per heavy atom. The second-order valence-electron chi connectivity index (χ2n) is 4.65. The van der Waals surface area contributed by atoms with Crippen molar-refractivity contribution in [1.29, 1.82) is 0 Å². The van der Waals surface area contributed by atoms with Crippen LogP contribution in [0.1, 0.15) is 19.3 Å². The summed E-state index contributed by atoms with van der Waals surface area (Å²) in [7, 11) is 2.27. The van der Waals surface area contributed by atoms with Gasteiger partial charge < -0.3 is 10.2 Å². The summed E-state index contributed by atoms with van der Waals surface area (Å²) >= 11 is 2.10. The van der Waals surface area contributed by atoms with Crippen molar-refractivity contribution in [2.75, 3.05) is 38.2 Å². The summed E-state index contributed by atoms with van der Waals surface area (Å²) in [4.78, 5) is 2.53. The lowest BCUT2D eigenvalue weighted by Gasteiger charge is -2.23. The van der Waals surface area contributed by atoms with Crippen LogP contribution in [0, 0.1) is 5.92 Å². The van der Waals surface area contributed by atoms with Gasteiger partial charge in [-0.2, -0.15) is 11.8 Å². The van der Waals surface area contributed by atoms with E-state index in [0.29, 0.717) is 0 Å². The number of nitrogens with one attached hydrogen (secondary N) is 1. The Balaban J connectivity index is 1.50. The maximum absolute atomic E-state index is 3.55. The topological polar surface area (TPSA) is 15.3 Å². The van der Waals surface area contributed by atoms with Crippen LogP contribution in [0.5, 0.6) is 0 Å². The molecule has 1 heterocycles. The Morgan fingerprint density at radius 1 is 1.36 bits per heavy atom. The third kappa shape index (κ3) is 3.44. The molecule has 14 heavy (non-hydrogen) atoms. The summed E-state index contributed by atoms with van der Waals surface area (Å²) in [6.07, 6.45) is 4.31. The maximum Gasteiger partial charge on any atom is 0.0191 e. The highest BCUT2D eigenvalue weighted by Gasteiger charge is 2.21. The van der Waals surface area contributed by atoms with Crippen LogP contribution in [0.4, 0.5) is 0 Å². The van der Waals surface area contributed by atoms with Crippen LogP contribution >= 0.6 is 11.8 Å². The number of thioether (sulfide) groups is 1. The number of likely N-dealkylation sites (N-methyl/N-ethyl adjacent to an activating group) is 1. The molecule has 1 aliphatic carbocycles. The summed E-state index contributed by atoms with van der Waals surface area (Å²) in [5.74, 6) is 3.73. The van der Waals surface area contributed by atoms with Gasteiger partial charge in [0.05, 0.1) is 0 Å². The first-order valence-corrected chi connectivity index (χ1v) is 7.00. The van der Waals surface area contributed by atoms with E-state index in [9.17, 15) is 0 Å². The van der Waals surface area contributed by atoms with Gasteiger partial charge in [0.1, 0.15) is 0 Å². The predicted molar refractivity (Wildman–Crippen MR) is 64.0 cm³/mol. The zero-order valence-electron chi connectivity index (χ0n) is 9.17. The van der Waals surface area contributed by atoms with Gasteiger partial charge in [-0.1, -0.05) is 0 Å². The van der Waals surface area contributed by atoms with Gasteiger partial charge in [0.25, 0.3) is 0 Å². The van der Waals surface area contributed by atoms with Crippen molar-refractivity contribution in [2.24, 2.45) is 5.92 Å². The maximum atomic E-state index is 3.55. The van der Waals surface area contributed by atoms with E-state index in [1.54, 1.807) is 0 Å². The monoisotopic (exact) mass is 214 g/mol. The van der Waals surface area contributed by atoms with Crippen LogP contribution < -0.4 is 5.32 Å². The molecule has 2 nitrogen and oxygen atoms in total. The van der Waals surface area contributed by atoms with Crippen molar-refractivity contribution in [1.82, 2.24) is 10.2 Å². The molecule has 0 radical (unpaired) electrons. The molecule has 1 N–H and O–H groups in total. The SMILES string of the molecule is CN(CCNCC1CC1)C1CCSC1. The van der Waals surface area contributed by atoms with Gasteiger partial charge >= 0.3 is 0 Å². The van der Waals surface area contributed by atoms with Crippen LogP contribution in [-0.2, 0) is 0 Å². The fourth-order valence-corrected chi connectivity index (χ4v) is 3.23. The first-order chi connectivity index (χ1) is 6.86. The number of hydrogen-bond acceptors (Lipinski definition) is 3. The molecule has 0 spiro atoms. The van der Waals surface area contributed by atoms with E-state index in [0.717, 1.165) is 12.0 Å². The molecule has 1 atom stereocenters. The second-order valence-corrected chi connectivity index (χ2v) is 5.80. The standard InChI is InChI=1S/C11H22N2S/c1-13(11-4-7-14-9-11)6-5-12-8-10-2-3-10/h10-12H,2-9H2,1H3. The van der Waals surface area contributed by atoms with E-state index in [-0.39, 0.29) is 0 Å². The predicted octanol–water partition coefficient (Wildman–Crippen LogP) is 1.42. The highest BCUT2D eigenvalue weighted by molar-refractivity contribution is 7.99. The Bertz CT molecular complexity index is 165. The van der Waals surface area contributed by atoms with Crippen LogP contribution in [0.15, 0.2) is 0 Å². The minimum atomic E-state index is 0.850. The largest absolute Gasteiger partial charge is 0.315 e. The van der Waals surface area contributed by atoms with Crippen molar-refractivity contribution >= 4 is 11.8 Å². The average Bonchev–Trinajstić information content (AvgIpc) is 2.84. The van der Waals surface area contributed by atoms with E-state index in [1.165, 1.54) is 50.4 Å². The third-order valence-electron chi connectivity index (χ3n) is 3.30. The van der Waals surface area contributed by atoms with Crippen LogP contribution in [-0.4, -0.2) is 49.1 Å². The second kappa shape index (κ2) is 5.38. The minimum Gasteiger partial charge on any atom is -0.315 e. The zero-order chi connectivity index (χ0) is 9.80. The lowest BCUT2D eigenvalue weighted by atomic mass is 10.2. The summed E-state index contributed by atoms with van der Waals surface area (Å²) in [6.45, 7) is 3.65. The van der Waals surface area contributed by atoms with Crippen molar-refractivity contribution in [3.05, 3.63) is 0 Å². The molecule has 0 aromatic carbocycles. The summed E-state index contributed by atoms with van der Waals surface area (Å²) < 4.78 is 0. The van der Waals surface area contributed by atoms with Gasteiger partial charge in [-0.15, -0.1) is 0 Å². The number of hydrogen-bond donors (Lipinski definition) is 1. The molecular weight excluding hydrogens is 192 g/mol. The van der Waals surface area contributed by atoms with Crippen LogP contribution in [0.25, 0.3) is 0 Å². The first kappa shape index (κ1) is 10.8. The number of rotatable bonds is 6. The molecule has 3 heteroatoms. The van der Waals surface area contributed by atoms with E-state index >= 15 is 0 Å². The van der Waals surface area contributed by atoms with Crippen LogP contribution in [0.3, 0.4) is 0 Å². The number of nitrogens with zero attached hydrogens (tertiary/aromatic N) is 1. The Kier molecular flexibility index (Phi) is 4.14. The van der Waals surface area contributed by atoms with E-state index in [4.69, 9.17) is 0 Å².